The number of hydrogen-bond acceptors (Lipinski definition) is 15. The van der Waals surface area contributed by atoms with Gasteiger partial charge in [-0.2, -0.15) is 0 Å². The van der Waals surface area contributed by atoms with Gasteiger partial charge in [0, 0.05) is 19.1 Å². The first kappa shape index (κ1) is 38.1. The first-order chi connectivity index (χ1) is 20.4. The van der Waals surface area contributed by atoms with Crippen LogP contribution in [0, 0.1) is 0 Å². The molecule has 14 N–H and O–H groups in total. The molecule has 3 rings (SSSR count). The van der Waals surface area contributed by atoms with Crippen molar-refractivity contribution in [1.82, 2.24) is 16.0 Å². The number of carbonyl (C=O) groups excluding carboxylic acids is 1. The summed E-state index contributed by atoms with van der Waals surface area (Å²) in [6, 6.07) is -3.01. The summed E-state index contributed by atoms with van der Waals surface area (Å²) in [4.78, 5) is 12.7. The highest BCUT2D eigenvalue weighted by molar-refractivity contribution is 5.80. The Hall–Kier alpha value is -1.09. The van der Waals surface area contributed by atoms with Crippen molar-refractivity contribution in [3.63, 3.8) is 0 Å². The van der Waals surface area contributed by atoms with Gasteiger partial charge < -0.3 is 77.6 Å². The van der Waals surface area contributed by atoms with E-state index in [1.54, 1.807) is 7.05 Å². The Morgan fingerprint density at radius 1 is 1.09 bits per heavy atom. The molecule has 0 bridgehead atoms. The third-order valence-corrected chi connectivity index (χ3v) is 7.97. The van der Waals surface area contributed by atoms with Crippen LogP contribution in [0.4, 0.5) is 0 Å². The fraction of sp³-hybridized carbons (Fsp3) is 0.963. The van der Waals surface area contributed by atoms with Gasteiger partial charge in [-0.05, 0) is 46.2 Å². The van der Waals surface area contributed by atoms with Gasteiger partial charge >= 0.3 is 0 Å². The van der Waals surface area contributed by atoms with Crippen LogP contribution in [-0.2, 0) is 23.7 Å². The summed E-state index contributed by atoms with van der Waals surface area (Å²) in [5, 5.41) is 60.9. The molecular formula is C27H56N6O10. The summed E-state index contributed by atoms with van der Waals surface area (Å²) in [6.45, 7) is 6.30. The number of rotatable bonds is 13. The average molecular weight is 625 g/mol. The lowest BCUT2D eigenvalue weighted by Gasteiger charge is -2.49. The predicted molar refractivity (Wildman–Crippen MR) is 156 cm³/mol. The maximum Gasteiger partial charge on any atom is 0.249 e. The molecule has 16 nitrogen and oxygen atoms in total. The van der Waals surface area contributed by atoms with Crippen molar-refractivity contribution in [3.05, 3.63) is 0 Å². The Labute approximate surface area is 253 Å². The SMILES string of the molecule is CC.CNC1C(O)C(OC2C(NC(=O)C(O)CCN)CC(N)C(OC3OC(CNCCO)CCC3N)C2O)OCC1(C)O. The lowest BCUT2D eigenvalue weighted by Crippen LogP contribution is -2.69. The third kappa shape index (κ3) is 10.2. The van der Waals surface area contributed by atoms with Crippen molar-refractivity contribution in [3.8, 4) is 0 Å². The van der Waals surface area contributed by atoms with Crippen LogP contribution < -0.4 is 33.2 Å². The van der Waals surface area contributed by atoms with Gasteiger partial charge in [0.2, 0.25) is 5.91 Å². The minimum atomic E-state index is -1.44. The van der Waals surface area contributed by atoms with E-state index < -0.39 is 78.8 Å². The molecule has 0 aromatic heterocycles. The molecule has 3 fully saturated rings. The molecule has 2 heterocycles. The number of carbonyl (C=O) groups is 1. The minimum absolute atomic E-state index is 0.0103. The molecule has 2 aliphatic heterocycles. The molecule has 0 radical (unpaired) electrons. The second kappa shape index (κ2) is 18.2. The van der Waals surface area contributed by atoms with E-state index >= 15 is 0 Å². The van der Waals surface area contributed by atoms with Crippen molar-refractivity contribution < 1.29 is 49.3 Å². The van der Waals surface area contributed by atoms with Crippen molar-refractivity contribution in [2.24, 2.45) is 17.2 Å². The van der Waals surface area contributed by atoms with Crippen LogP contribution >= 0.6 is 0 Å². The maximum atomic E-state index is 12.7. The summed E-state index contributed by atoms with van der Waals surface area (Å²) in [7, 11) is 1.57. The van der Waals surface area contributed by atoms with E-state index in [1.807, 2.05) is 13.8 Å². The zero-order chi connectivity index (χ0) is 32.3. The Morgan fingerprint density at radius 3 is 2.40 bits per heavy atom. The number of hydrogen-bond donors (Lipinski definition) is 11. The van der Waals surface area contributed by atoms with E-state index in [-0.39, 0.29) is 38.7 Å². The Kier molecular flexibility index (Phi) is 16.1. The van der Waals surface area contributed by atoms with Gasteiger partial charge in [0.05, 0.1) is 37.4 Å². The fourth-order valence-corrected chi connectivity index (χ4v) is 5.68. The minimum Gasteiger partial charge on any atom is -0.395 e. The molecule has 3 aliphatic rings. The molecule has 0 aromatic rings. The lowest BCUT2D eigenvalue weighted by atomic mass is 9.83. The van der Waals surface area contributed by atoms with Crippen LogP contribution in [0.15, 0.2) is 0 Å². The number of nitrogens with one attached hydrogen (secondary N) is 3. The molecule has 1 aliphatic carbocycles. The number of amides is 1. The molecule has 1 saturated carbocycles. The predicted octanol–water partition coefficient (Wildman–Crippen LogP) is -4.46. The van der Waals surface area contributed by atoms with E-state index in [9.17, 15) is 25.2 Å². The van der Waals surface area contributed by atoms with Gasteiger partial charge in [-0.15, -0.1) is 0 Å². The molecule has 1 amide bonds. The van der Waals surface area contributed by atoms with Crippen molar-refractivity contribution >= 4 is 5.91 Å². The summed E-state index contributed by atoms with van der Waals surface area (Å²) < 4.78 is 23.9. The summed E-state index contributed by atoms with van der Waals surface area (Å²) in [5.74, 6) is -0.718. The van der Waals surface area contributed by atoms with E-state index in [1.165, 1.54) is 6.92 Å². The van der Waals surface area contributed by atoms with Gasteiger partial charge in [-0.25, -0.2) is 0 Å². The second-order valence-electron chi connectivity index (χ2n) is 11.4. The summed E-state index contributed by atoms with van der Waals surface area (Å²) >= 11 is 0. The first-order valence-electron chi connectivity index (χ1n) is 15.3. The number of aliphatic hydroxyl groups is 5. The molecular weight excluding hydrogens is 568 g/mol. The van der Waals surface area contributed by atoms with E-state index in [2.05, 4.69) is 16.0 Å². The van der Waals surface area contributed by atoms with Crippen molar-refractivity contribution in [2.45, 2.75) is 125 Å². The molecule has 13 unspecified atom stereocenters. The largest absolute Gasteiger partial charge is 0.395 e. The van der Waals surface area contributed by atoms with E-state index in [4.69, 9.17) is 41.3 Å². The molecule has 43 heavy (non-hydrogen) atoms. The molecule has 0 aromatic carbocycles. The summed E-state index contributed by atoms with van der Waals surface area (Å²) in [6.07, 6.45) is -7.43. The zero-order valence-corrected chi connectivity index (χ0v) is 25.8. The van der Waals surface area contributed by atoms with Crippen LogP contribution in [-0.4, -0.2) is 150 Å². The zero-order valence-electron chi connectivity index (χ0n) is 25.8. The molecule has 16 heteroatoms. The number of ether oxygens (including phenoxy) is 4. The fourth-order valence-electron chi connectivity index (χ4n) is 5.68. The summed E-state index contributed by atoms with van der Waals surface area (Å²) in [5.41, 5.74) is 16.8. The van der Waals surface area contributed by atoms with Crippen LogP contribution in [0.1, 0.15) is 46.5 Å². The third-order valence-electron chi connectivity index (χ3n) is 7.97. The maximum absolute atomic E-state index is 12.7. The lowest BCUT2D eigenvalue weighted by molar-refractivity contribution is -0.307. The average Bonchev–Trinajstić information content (AvgIpc) is 2.97. The van der Waals surface area contributed by atoms with Crippen LogP contribution in [0.25, 0.3) is 0 Å². The second-order valence-corrected chi connectivity index (χ2v) is 11.4. The van der Waals surface area contributed by atoms with Gasteiger partial charge in [0.15, 0.2) is 12.6 Å². The van der Waals surface area contributed by atoms with E-state index in [0.29, 0.717) is 25.9 Å². The number of nitrogens with two attached hydrogens (primary N) is 3. The first-order valence-corrected chi connectivity index (χ1v) is 15.3. The van der Waals surface area contributed by atoms with Gasteiger partial charge in [0.1, 0.15) is 36.1 Å². The Bertz CT molecular complexity index is 816. The highest BCUT2D eigenvalue weighted by Crippen LogP contribution is 2.32. The monoisotopic (exact) mass is 624 g/mol. The molecule has 254 valence electrons. The van der Waals surface area contributed by atoms with E-state index in [0.717, 1.165) is 0 Å². The number of aliphatic hydroxyl groups excluding tert-OH is 4. The smallest absolute Gasteiger partial charge is 0.249 e. The Balaban J connectivity index is 0.00000316. The molecule has 0 spiro atoms. The quantitative estimate of drug-likeness (QED) is 0.0863. The highest BCUT2D eigenvalue weighted by atomic mass is 16.7. The molecule has 2 saturated heterocycles. The highest BCUT2D eigenvalue weighted by Gasteiger charge is 2.52. The topological polar surface area (TPSA) is 269 Å². The van der Waals surface area contributed by atoms with Gasteiger partial charge in [-0.3, -0.25) is 4.79 Å². The normalized spacial score (nSPS) is 40.7. The van der Waals surface area contributed by atoms with Crippen molar-refractivity contribution in [1.29, 1.82) is 0 Å². The number of likely N-dealkylation sites (N-methyl/N-ethyl adjacent to an activating group) is 1. The molecule has 13 atom stereocenters. The van der Waals surface area contributed by atoms with Crippen molar-refractivity contribution in [2.75, 3.05) is 39.9 Å². The van der Waals surface area contributed by atoms with Crippen LogP contribution in [0.5, 0.6) is 0 Å². The standard InChI is InChI=1S/C25H50N6O10.C2H6/c1-25(37)11-38-24(18(35)21(25)29-2)41-20-15(31-22(36)16(33)5-6-26)9-14(28)19(17(20)34)40-23-13(27)4-3-12(39-23)10-30-7-8-32;1-2/h12-21,23-24,29-30,32-35,37H,3-11,26-28H2,1-2H3,(H,31,36);1-2H3. The van der Waals surface area contributed by atoms with Gasteiger partial charge in [0.25, 0.3) is 0 Å². The van der Waals surface area contributed by atoms with Crippen LogP contribution in [0.2, 0.25) is 0 Å². The Morgan fingerprint density at radius 2 is 1.77 bits per heavy atom. The van der Waals surface area contributed by atoms with Crippen LogP contribution in [0.3, 0.4) is 0 Å². The van der Waals surface area contributed by atoms with Gasteiger partial charge in [-0.1, -0.05) is 13.8 Å².